The van der Waals surface area contributed by atoms with Crippen molar-refractivity contribution in [3.05, 3.63) is 47.8 Å². The van der Waals surface area contributed by atoms with Crippen molar-refractivity contribution in [1.82, 2.24) is 20.1 Å². The number of aromatic nitrogens is 3. The smallest absolute Gasteiger partial charge is 0.138 e. The standard InChI is InChI=1S/C16H23FN4/c1-4-8-18-15(13-6-5-7-14(17)9-13)10-16-19-11-20-21(16)12(2)3/h5-7,9,11-12,15,18H,4,8,10H2,1-3H3. The Labute approximate surface area is 125 Å². The number of halogens is 1. The van der Waals surface area contributed by atoms with Gasteiger partial charge in [0.2, 0.25) is 0 Å². The van der Waals surface area contributed by atoms with Gasteiger partial charge in [-0.15, -0.1) is 0 Å². The fourth-order valence-electron chi connectivity index (χ4n) is 2.38. The number of nitrogens with zero attached hydrogens (tertiary/aromatic N) is 3. The molecule has 0 radical (unpaired) electrons. The lowest BCUT2D eigenvalue weighted by molar-refractivity contribution is 0.462. The second kappa shape index (κ2) is 7.31. The molecule has 0 bridgehead atoms. The van der Waals surface area contributed by atoms with Crippen molar-refractivity contribution in [3.63, 3.8) is 0 Å². The Morgan fingerprint density at radius 1 is 1.33 bits per heavy atom. The quantitative estimate of drug-likeness (QED) is 0.851. The lowest BCUT2D eigenvalue weighted by Crippen LogP contribution is -2.26. The van der Waals surface area contributed by atoms with E-state index in [1.165, 1.54) is 6.07 Å². The first-order valence-corrected chi connectivity index (χ1v) is 7.49. The number of benzene rings is 1. The molecule has 21 heavy (non-hydrogen) atoms. The molecule has 0 aliphatic carbocycles. The first-order chi connectivity index (χ1) is 10.1. The molecule has 1 aromatic heterocycles. The van der Waals surface area contributed by atoms with Gasteiger partial charge in [0, 0.05) is 18.5 Å². The molecule has 1 atom stereocenters. The van der Waals surface area contributed by atoms with Crippen LogP contribution in [0.3, 0.4) is 0 Å². The molecule has 0 fully saturated rings. The summed E-state index contributed by atoms with van der Waals surface area (Å²) in [4.78, 5) is 4.35. The summed E-state index contributed by atoms with van der Waals surface area (Å²) in [6.07, 6.45) is 3.31. The molecule has 0 saturated heterocycles. The maximum absolute atomic E-state index is 13.5. The third kappa shape index (κ3) is 4.11. The predicted molar refractivity (Wildman–Crippen MR) is 81.5 cm³/mol. The van der Waals surface area contributed by atoms with Crippen LogP contribution in [0.5, 0.6) is 0 Å². The molecule has 2 aromatic rings. The monoisotopic (exact) mass is 290 g/mol. The molecule has 114 valence electrons. The summed E-state index contributed by atoms with van der Waals surface area (Å²) in [7, 11) is 0. The molecule has 0 aliphatic rings. The number of hydrogen-bond acceptors (Lipinski definition) is 3. The van der Waals surface area contributed by atoms with Crippen LogP contribution in [-0.2, 0) is 6.42 Å². The van der Waals surface area contributed by atoms with Crippen molar-refractivity contribution in [3.8, 4) is 0 Å². The Hall–Kier alpha value is -1.75. The zero-order valence-corrected chi connectivity index (χ0v) is 12.9. The summed E-state index contributed by atoms with van der Waals surface area (Å²) < 4.78 is 15.4. The molecule has 1 heterocycles. The zero-order chi connectivity index (χ0) is 15.2. The molecule has 2 rings (SSSR count). The van der Waals surface area contributed by atoms with E-state index in [0.717, 1.165) is 24.4 Å². The van der Waals surface area contributed by atoms with Crippen LogP contribution < -0.4 is 5.32 Å². The number of hydrogen-bond donors (Lipinski definition) is 1. The fraction of sp³-hybridized carbons (Fsp3) is 0.500. The van der Waals surface area contributed by atoms with Gasteiger partial charge in [-0.3, -0.25) is 0 Å². The third-order valence-electron chi connectivity index (χ3n) is 3.41. The molecular weight excluding hydrogens is 267 g/mol. The highest BCUT2D eigenvalue weighted by molar-refractivity contribution is 5.21. The lowest BCUT2D eigenvalue weighted by Gasteiger charge is -2.20. The predicted octanol–water partition coefficient (Wildman–Crippen LogP) is 3.28. The van der Waals surface area contributed by atoms with Gasteiger partial charge in [-0.05, 0) is 44.5 Å². The minimum absolute atomic E-state index is 0.0438. The van der Waals surface area contributed by atoms with Gasteiger partial charge in [0.15, 0.2) is 0 Å². The van der Waals surface area contributed by atoms with Crippen molar-refractivity contribution in [2.24, 2.45) is 0 Å². The van der Waals surface area contributed by atoms with E-state index in [1.54, 1.807) is 18.5 Å². The average molecular weight is 290 g/mol. The van der Waals surface area contributed by atoms with Crippen LogP contribution in [0, 0.1) is 5.82 Å². The highest BCUT2D eigenvalue weighted by atomic mass is 19.1. The van der Waals surface area contributed by atoms with Crippen LogP contribution in [-0.4, -0.2) is 21.3 Å². The van der Waals surface area contributed by atoms with E-state index in [1.807, 2.05) is 10.7 Å². The minimum atomic E-state index is -0.207. The van der Waals surface area contributed by atoms with E-state index in [4.69, 9.17) is 0 Å². The molecule has 1 N–H and O–H groups in total. The van der Waals surface area contributed by atoms with Crippen molar-refractivity contribution in [1.29, 1.82) is 0 Å². The molecular formula is C16H23FN4. The van der Waals surface area contributed by atoms with Crippen molar-refractivity contribution in [2.45, 2.75) is 45.7 Å². The highest BCUT2D eigenvalue weighted by Gasteiger charge is 2.17. The van der Waals surface area contributed by atoms with E-state index < -0.39 is 0 Å². The molecule has 1 aromatic carbocycles. The first-order valence-electron chi connectivity index (χ1n) is 7.49. The van der Waals surface area contributed by atoms with Gasteiger partial charge >= 0.3 is 0 Å². The second-order valence-electron chi connectivity index (χ2n) is 5.48. The Kier molecular flexibility index (Phi) is 5.44. The van der Waals surface area contributed by atoms with Crippen LogP contribution in [0.2, 0.25) is 0 Å². The van der Waals surface area contributed by atoms with Gasteiger partial charge in [0.25, 0.3) is 0 Å². The summed E-state index contributed by atoms with van der Waals surface area (Å²) in [5, 5.41) is 7.73. The Morgan fingerprint density at radius 2 is 2.14 bits per heavy atom. The topological polar surface area (TPSA) is 42.7 Å². The Bertz CT molecular complexity index is 565. The van der Waals surface area contributed by atoms with Gasteiger partial charge in [0.05, 0.1) is 0 Å². The number of nitrogens with one attached hydrogen (secondary N) is 1. The fourth-order valence-corrected chi connectivity index (χ4v) is 2.38. The average Bonchev–Trinajstić information content (AvgIpc) is 2.91. The second-order valence-corrected chi connectivity index (χ2v) is 5.48. The lowest BCUT2D eigenvalue weighted by atomic mass is 10.0. The van der Waals surface area contributed by atoms with Crippen LogP contribution in [0.15, 0.2) is 30.6 Å². The van der Waals surface area contributed by atoms with E-state index >= 15 is 0 Å². The van der Waals surface area contributed by atoms with Crippen molar-refractivity contribution in [2.75, 3.05) is 6.54 Å². The SMILES string of the molecule is CCCNC(Cc1ncnn1C(C)C)c1cccc(F)c1. The Balaban J connectivity index is 2.22. The normalized spacial score (nSPS) is 12.8. The van der Waals surface area contributed by atoms with Crippen LogP contribution in [0.1, 0.15) is 50.7 Å². The van der Waals surface area contributed by atoms with Gasteiger partial charge in [-0.2, -0.15) is 5.10 Å². The van der Waals surface area contributed by atoms with Crippen LogP contribution in [0.4, 0.5) is 4.39 Å². The highest BCUT2D eigenvalue weighted by Crippen LogP contribution is 2.19. The molecule has 0 spiro atoms. The first kappa shape index (κ1) is 15.6. The Morgan fingerprint density at radius 3 is 2.81 bits per heavy atom. The molecule has 5 heteroatoms. The summed E-state index contributed by atoms with van der Waals surface area (Å²) in [5.74, 6) is 0.712. The zero-order valence-electron chi connectivity index (χ0n) is 12.9. The molecule has 1 unspecified atom stereocenters. The van der Waals surface area contributed by atoms with E-state index in [2.05, 4.69) is 36.2 Å². The maximum atomic E-state index is 13.5. The molecule has 4 nitrogen and oxygen atoms in total. The van der Waals surface area contributed by atoms with Crippen LogP contribution in [0.25, 0.3) is 0 Å². The number of rotatable bonds is 7. The maximum Gasteiger partial charge on any atom is 0.138 e. The van der Waals surface area contributed by atoms with Crippen molar-refractivity contribution >= 4 is 0 Å². The van der Waals surface area contributed by atoms with Gasteiger partial charge in [0.1, 0.15) is 18.0 Å². The third-order valence-corrected chi connectivity index (χ3v) is 3.41. The van der Waals surface area contributed by atoms with Crippen LogP contribution >= 0.6 is 0 Å². The summed E-state index contributed by atoms with van der Waals surface area (Å²) in [6.45, 7) is 7.16. The van der Waals surface area contributed by atoms with Gasteiger partial charge in [-0.25, -0.2) is 14.1 Å². The van der Waals surface area contributed by atoms with Crippen molar-refractivity contribution < 1.29 is 4.39 Å². The van der Waals surface area contributed by atoms with E-state index in [9.17, 15) is 4.39 Å². The summed E-state index contributed by atoms with van der Waals surface area (Å²) in [5.41, 5.74) is 0.946. The van der Waals surface area contributed by atoms with E-state index in [-0.39, 0.29) is 17.9 Å². The minimum Gasteiger partial charge on any atom is -0.310 e. The molecule has 0 aliphatic heterocycles. The largest absolute Gasteiger partial charge is 0.310 e. The molecule has 0 amide bonds. The van der Waals surface area contributed by atoms with E-state index in [0.29, 0.717) is 6.42 Å². The summed E-state index contributed by atoms with van der Waals surface area (Å²) in [6, 6.07) is 7.06. The summed E-state index contributed by atoms with van der Waals surface area (Å²) >= 11 is 0. The molecule has 0 saturated carbocycles. The van der Waals surface area contributed by atoms with Gasteiger partial charge in [-0.1, -0.05) is 19.1 Å². The van der Waals surface area contributed by atoms with Gasteiger partial charge < -0.3 is 5.32 Å².